The molecule has 0 radical (unpaired) electrons. The summed E-state index contributed by atoms with van der Waals surface area (Å²) < 4.78 is 5.29. The van der Waals surface area contributed by atoms with Gasteiger partial charge in [0.05, 0.1) is 17.3 Å². The van der Waals surface area contributed by atoms with Crippen LogP contribution in [0.1, 0.15) is 17.4 Å². The molecule has 0 aliphatic rings. The van der Waals surface area contributed by atoms with Crippen LogP contribution in [0.2, 0.25) is 5.02 Å². The number of nitrogens with one attached hydrogen (secondary N) is 1. The zero-order valence-electron chi connectivity index (χ0n) is 12.6. The zero-order valence-corrected chi connectivity index (χ0v) is 13.4. The minimum Gasteiger partial charge on any atom is -0.478 e. The van der Waals surface area contributed by atoms with E-state index in [4.69, 9.17) is 16.3 Å². The quantitative estimate of drug-likeness (QED) is 0.917. The van der Waals surface area contributed by atoms with Crippen LogP contribution in [0.15, 0.2) is 30.5 Å². The summed E-state index contributed by atoms with van der Waals surface area (Å²) in [5, 5.41) is 3.03. The molecule has 22 heavy (non-hydrogen) atoms. The Morgan fingerprint density at radius 1 is 1.36 bits per heavy atom. The number of rotatable bonds is 5. The fourth-order valence-corrected chi connectivity index (χ4v) is 2.04. The molecule has 0 aliphatic heterocycles. The van der Waals surface area contributed by atoms with E-state index in [2.05, 4.69) is 15.3 Å². The number of ether oxygens (including phenoxy) is 1. The summed E-state index contributed by atoms with van der Waals surface area (Å²) in [7, 11) is 3.69. The highest BCUT2D eigenvalue weighted by molar-refractivity contribution is 6.34. The summed E-state index contributed by atoms with van der Waals surface area (Å²) in [5.41, 5.74) is 0.693. The van der Waals surface area contributed by atoms with Crippen LogP contribution in [0.3, 0.4) is 0 Å². The number of carbonyl (C=O) groups excluding carboxylic acids is 1. The second-order valence-corrected chi connectivity index (χ2v) is 5.04. The molecule has 0 spiro atoms. The molecule has 1 N–H and O–H groups in total. The standard InChI is InChI=1S/C15H17ClN4O2/c1-4-22-12-8-7-10(16)13(19-12)15(21)18-11-6-5-9-17-14(11)20(2)3/h5-9H,4H2,1-3H3,(H,18,21). The third-order valence-electron chi connectivity index (χ3n) is 2.79. The van der Waals surface area contributed by atoms with E-state index < -0.39 is 5.91 Å². The van der Waals surface area contributed by atoms with Crippen molar-refractivity contribution in [1.29, 1.82) is 0 Å². The van der Waals surface area contributed by atoms with Crippen LogP contribution >= 0.6 is 11.6 Å². The van der Waals surface area contributed by atoms with Crippen molar-refractivity contribution in [3.8, 4) is 5.88 Å². The molecule has 116 valence electrons. The SMILES string of the molecule is CCOc1ccc(Cl)c(C(=O)Nc2cccnc2N(C)C)n1. The molecule has 2 rings (SSSR count). The van der Waals surface area contributed by atoms with Crippen LogP contribution in [-0.2, 0) is 0 Å². The third-order valence-corrected chi connectivity index (χ3v) is 3.09. The van der Waals surface area contributed by atoms with Gasteiger partial charge >= 0.3 is 0 Å². The molecule has 0 aromatic carbocycles. The highest BCUT2D eigenvalue weighted by Gasteiger charge is 2.16. The first-order valence-corrected chi connectivity index (χ1v) is 7.13. The number of hydrogen-bond donors (Lipinski definition) is 1. The Morgan fingerprint density at radius 2 is 2.14 bits per heavy atom. The summed E-state index contributed by atoms with van der Waals surface area (Å²) in [6.45, 7) is 2.30. The van der Waals surface area contributed by atoms with Gasteiger partial charge in [-0.2, -0.15) is 0 Å². The van der Waals surface area contributed by atoms with E-state index in [1.807, 2.05) is 21.0 Å². The smallest absolute Gasteiger partial charge is 0.276 e. The molecule has 0 saturated carbocycles. The molecule has 0 bridgehead atoms. The number of halogens is 1. The number of carbonyl (C=O) groups is 1. The highest BCUT2D eigenvalue weighted by atomic mass is 35.5. The van der Waals surface area contributed by atoms with Crippen molar-refractivity contribution < 1.29 is 9.53 Å². The van der Waals surface area contributed by atoms with Gasteiger partial charge in [0, 0.05) is 26.4 Å². The second kappa shape index (κ2) is 7.09. The number of hydrogen-bond acceptors (Lipinski definition) is 5. The maximum absolute atomic E-state index is 12.4. The molecule has 2 aromatic rings. The maximum atomic E-state index is 12.4. The second-order valence-electron chi connectivity index (χ2n) is 4.64. The lowest BCUT2D eigenvalue weighted by Crippen LogP contribution is -2.19. The average molecular weight is 321 g/mol. The predicted octanol–water partition coefficient (Wildman–Crippen LogP) is 2.85. The van der Waals surface area contributed by atoms with Gasteiger partial charge in [0.15, 0.2) is 11.5 Å². The van der Waals surface area contributed by atoms with E-state index in [0.29, 0.717) is 24.0 Å². The van der Waals surface area contributed by atoms with Gasteiger partial charge in [-0.15, -0.1) is 0 Å². The number of anilines is 2. The van der Waals surface area contributed by atoms with Crippen molar-refractivity contribution in [2.24, 2.45) is 0 Å². The monoisotopic (exact) mass is 320 g/mol. The summed E-state index contributed by atoms with van der Waals surface area (Å²) >= 11 is 6.05. The number of pyridine rings is 2. The van der Waals surface area contributed by atoms with E-state index in [-0.39, 0.29) is 10.7 Å². The molecular weight excluding hydrogens is 304 g/mol. The van der Waals surface area contributed by atoms with Crippen molar-refractivity contribution in [1.82, 2.24) is 9.97 Å². The van der Waals surface area contributed by atoms with Gasteiger partial charge in [0.25, 0.3) is 5.91 Å². The first-order chi connectivity index (χ1) is 10.5. The first kappa shape index (κ1) is 16.0. The molecule has 0 saturated heterocycles. The van der Waals surface area contributed by atoms with Gasteiger partial charge in [0.2, 0.25) is 5.88 Å². The van der Waals surface area contributed by atoms with Gasteiger partial charge < -0.3 is 15.0 Å². The van der Waals surface area contributed by atoms with Gasteiger partial charge in [-0.3, -0.25) is 4.79 Å². The Morgan fingerprint density at radius 3 is 2.82 bits per heavy atom. The van der Waals surface area contributed by atoms with Crippen LogP contribution in [0.4, 0.5) is 11.5 Å². The van der Waals surface area contributed by atoms with Gasteiger partial charge in [-0.25, -0.2) is 9.97 Å². The molecule has 2 aromatic heterocycles. The molecule has 6 nitrogen and oxygen atoms in total. The van der Waals surface area contributed by atoms with Crippen molar-refractivity contribution in [3.05, 3.63) is 41.2 Å². The Kier molecular flexibility index (Phi) is 5.16. The molecule has 0 aliphatic carbocycles. The molecule has 2 heterocycles. The van der Waals surface area contributed by atoms with Crippen molar-refractivity contribution in [2.45, 2.75) is 6.92 Å². The fraction of sp³-hybridized carbons (Fsp3) is 0.267. The van der Waals surface area contributed by atoms with E-state index in [0.717, 1.165) is 0 Å². The Hall–Kier alpha value is -2.34. The molecule has 0 fully saturated rings. The summed E-state index contributed by atoms with van der Waals surface area (Å²) in [4.78, 5) is 22.6. The topological polar surface area (TPSA) is 67.3 Å². The molecule has 7 heteroatoms. The maximum Gasteiger partial charge on any atom is 0.276 e. The van der Waals surface area contributed by atoms with Crippen LogP contribution in [0.5, 0.6) is 5.88 Å². The summed E-state index contributed by atoms with van der Waals surface area (Å²) in [5.74, 6) is 0.589. The fourth-order valence-electron chi connectivity index (χ4n) is 1.84. The van der Waals surface area contributed by atoms with Crippen molar-refractivity contribution in [3.63, 3.8) is 0 Å². The summed E-state index contributed by atoms with van der Waals surface area (Å²) in [6, 6.07) is 6.72. The average Bonchev–Trinajstić information content (AvgIpc) is 2.49. The van der Waals surface area contributed by atoms with E-state index in [1.165, 1.54) is 0 Å². The van der Waals surface area contributed by atoms with Crippen molar-refractivity contribution >= 4 is 29.0 Å². The van der Waals surface area contributed by atoms with Crippen LogP contribution in [-0.4, -0.2) is 36.6 Å². The molecule has 1 amide bonds. The van der Waals surface area contributed by atoms with Crippen LogP contribution in [0, 0.1) is 0 Å². The summed E-state index contributed by atoms with van der Waals surface area (Å²) in [6.07, 6.45) is 1.66. The Bertz CT molecular complexity index is 676. The molecule has 0 unspecified atom stereocenters. The van der Waals surface area contributed by atoms with Crippen LogP contribution < -0.4 is 15.0 Å². The number of nitrogens with zero attached hydrogens (tertiary/aromatic N) is 3. The first-order valence-electron chi connectivity index (χ1n) is 6.76. The minimum atomic E-state index is -0.414. The Labute approximate surface area is 134 Å². The van der Waals surface area contributed by atoms with Gasteiger partial charge in [-0.1, -0.05) is 11.6 Å². The zero-order chi connectivity index (χ0) is 16.1. The number of aromatic nitrogens is 2. The largest absolute Gasteiger partial charge is 0.478 e. The minimum absolute atomic E-state index is 0.112. The lowest BCUT2D eigenvalue weighted by molar-refractivity contribution is 0.102. The Balaban J connectivity index is 2.28. The normalized spacial score (nSPS) is 10.2. The van der Waals surface area contributed by atoms with Gasteiger partial charge in [-0.05, 0) is 25.1 Å². The highest BCUT2D eigenvalue weighted by Crippen LogP contribution is 2.23. The number of amides is 1. The van der Waals surface area contributed by atoms with E-state index >= 15 is 0 Å². The van der Waals surface area contributed by atoms with E-state index in [1.54, 1.807) is 35.4 Å². The van der Waals surface area contributed by atoms with E-state index in [9.17, 15) is 4.79 Å². The van der Waals surface area contributed by atoms with Crippen LogP contribution in [0.25, 0.3) is 0 Å². The van der Waals surface area contributed by atoms with Crippen molar-refractivity contribution in [2.75, 3.05) is 30.9 Å². The lowest BCUT2D eigenvalue weighted by atomic mass is 10.3. The third kappa shape index (κ3) is 3.65. The lowest BCUT2D eigenvalue weighted by Gasteiger charge is -2.16. The molecule has 0 atom stereocenters. The molecular formula is C15H17ClN4O2. The van der Waals surface area contributed by atoms with Gasteiger partial charge in [0.1, 0.15) is 0 Å². The predicted molar refractivity (Wildman–Crippen MR) is 86.9 cm³/mol.